The van der Waals surface area contributed by atoms with Crippen LogP contribution in [-0.4, -0.2) is 12.5 Å². The number of carbonyl (C=O) groups excluding carboxylic acids is 1. The molecule has 3 aromatic carbocycles. The first-order valence-electron chi connectivity index (χ1n) is 8.53. The van der Waals surface area contributed by atoms with E-state index in [9.17, 15) is 26.7 Å². The van der Waals surface area contributed by atoms with E-state index in [0.717, 1.165) is 24.3 Å². The maximum atomic E-state index is 13.4. The van der Waals surface area contributed by atoms with Gasteiger partial charge in [-0.3, -0.25) is 4.79 Å². The molecule has 9 heteroatoms. The Kier molecular flexibility index (Phi) is 6.20. The van der Waals surface area contributed by atoms with E-state index in [2.05, 4.69) is 5.32 Å². The molecule has 3 rings (SSSR count). The van der Waals surface area contributed by atoms with Gasteiger partial charge in [0.25, 0.3) is 5.91 Å². The van der Waals surface area contributed by atoms with E-state index < -0.39 is 41.6 Å². The zero-order valence-electron chi connectivity index (χ0n) is 15.2. The Morgan fingerprint density at radius 1 is 0.867 bits per heavy atom. The second-order valence-corrected chi connectivity index (χ2v) is 6.06. The lowest BCUT2D eigenvalue weighted by molar-refractivity contribution is -0.138. The maximum Gasteiger partial charge on any atom is 0.420 e. The molecule has 0 saturated carbocycles. The quantitative estimate of drug-likeness (QED) is 0.511. The highest BCUT2D eigenvalue weighted by Crippen LogP contribution is 2.39. The van der Waals surface area contributed by atoms with Gasteiger partial charge in [-0.2, -0.15) is 13.2 Å². The van der Waals surface area contributed by atoms with Gasteiger partial charge in [0.05, 0.1) is 0 Å². The fraction of sp³-hybridized carbons (Fsp3) is 0.0952. The molecule has 0 unspecified atom stereocenters. The number of hydrogen-bond donors (Lipinski definition) is 1. The normalized spacial score (nSPS) is 11.1. The van der Waals surface area contributed by atoms with Crippen LogP contribution in [0.15, 0.2) is 66.7 Å². The van der Waals surface area contributed by atoms with Crippen molar-refractivity contribution in [3.8, 4) is 17.2 Å². The Bertz CT molecular complexity index is 1040. The van der Waals surface area contributed by atoms with Gasteiger partial charge in [-0.1, -0.05) is 6.07 Å². The van der Waals surface area contributed by atoms with Gasteiger partial charge < -0.3 is 14.8 Å². The van der Waals surface area contributed by atoms with Crippen molar-refractivity contribution in [3.63, 3.8) is 0 Å². The van der Waals surface area contributed by atoms with Gasteiger partial charge in [0, 0.05) is 11.8 Å². The predicted molar refractivity (Wildman–Crippen MR) is 98.4 cm³/mol. The molecule has 1 amide bonds. The second-order valence-electron chi connectivity index (χ2n) is 6.06. The molecule has 0 saturated heterocycles. The minimum Gasteiger partial charge on any atom is -0.484 e. The van der Waals surface area contributed by atoms with E-state index in [4.69, 9.17) is 9.47 Å². The third-order valence-electron chi connectivity index (χ3n) is 3.78. The molecule has 0 atom stereocenters. The molecule has 3 aromatic rings. The van der Waals surface area contributed by atoms with Crippen LogP contribution in [0.5, 0.6) is 17.2 Å². The van der Waals surface area contributed by atoms with Crippen molar-refractivity contribution in [2.24, 2.45) is 0 Å². The molecular weight excluding hydrogens is 409 g/mol. The van der Waals surface area contributed by atoms with Crippen LogP contribution in [0.25, 0.3) is 0 Å². The van der Waals surface area contributed by atoms with Gasteiger partial charge in [0.1, 0.15) is 34.4 Å². The maximum absolute atomic E-state index is 13.4. The van der Waals surface area contributed by atoms with E-state index in [1.165, 1.54) is 36.4 Å². The van der Waals surface area contributed by atoms with Gasteiger partial charge >= 0.3 is 6.18 Å². The third-order valence-corrected chi connectivity index (χ3v) is 3.78. The van der Waals surface area contributed by atoms with Crippen LogP contribution in [-0.2, 0) is 11.0 Å². The Morgan fingerprint density at radius 2 is 1.60 bits per heavy atom. The molecule has 0 aliphatic rings. The number of nitrogens with one attached hydrogen (secondary N) is 1. The lowest BCUT2D eigenvalue weighted by Crippen LogP contribution is -2.20. The molecule has 4 nitrogen and oxygen atoms in total. The van der Waals surface area contributed by atoms with E-state index >= 15 is 0 Å². The minimum absolute atomic E-state index is 0.0159. The van der Waals surface area contributed by atoms with Crippen LogP contribution in [0.2, 0.25) is 0 Å². The first-order valence-corrected chi connectivity index (χ1v) is 8.53. The number of ether oxygens (including phenoxy) is 2. The Balaban J connectivity index is 1.72. The molecule has 0 aromatic heterocycles. The predicted octanol–water partition coefficient (Wildman–Crippen LogP) is 5.79. The summed E-state index contributed by atoms with van der Waals surface area (Å²) in [6, 6.07) is 12.5. The summed E-state index contributed by atoms with van der Waals surface area (Å²) in [5, 5.41) is 2.27. The third kappa shape index (κ3) is 5.69. The number of amides is 1. The van der Waals surface area contributed by atoms with E-state index in [1.807, 2.05) is 0 Å². The van der Waals surface area contributed by atoms with Crippen LogP contribution in [0.3, 0.4) is 0 Å². The van der Waals surface area contributed by atoms with Crippen molar-refractivity contribution < 1.29 is 36.2 Å². The number of hydrogen-bond acceptors (Lipinski definition) is 3. The highest BCUT2D eigenvalue weighted by atomic mass is 19.4. The summed E-state index contributed by atoms with van der Waals surface area (Å²) >= 11 is 0. The minimum atomic E-state index is -4.77. The fourth-order valence-electron chi connectivity index (χ4n) is 2.45. The van der Waals surface area contributed by atoms with Gasteiger partial charge in [-0.25, -0.2) is 8.78 Å². The first kappa shape index (κ1) is 21.1. The molecule has 0 radical (unpaired) electrons. The lowest BCUT2D eigenvalue weighted by Gasteiger charge is -2.16. The van der Waals surface area contributed by atoms with E-state index in [1.54, 1.807) is 0 Å². The molecule has 156 valence electrons. The molecule has 30 heavy (non-hydrogen) atoms. The largest absolute Gasteiger partial charge is 0.484 e. The summed E-state index contributed by atoms with van der Waals surface area (Å²) < 4.78 is 76.6. The second kappa shape index (κ2) is 8.81. The lowest BCUT2D eigenvalue weighted by atomic mass is 10.1. The van der Waals surface area contributed by atoms with Crippen molar-refractivity contribution in [1.82, 2.24) is 0 Å². The Morgan fingerprint density at radius 3 is 2.27 bits per heavy atom. The van der Waals surface area contributed by atoms with Crippen LogP contribution in [0.1, 0.15) is 5.56 Å². The molecule has 0 spiro atoms. The SMILES string of the molecule is O=C(COc1cccc(F)c1)Nc1ccc(Oc2ccc(F)cc2)c(C(F)(F)F)c1. The molecule has 0 fully saturated rings. The van der Waals surface area contributed by atoms with E-state index in [-0.39, 0.29) is 17.2 Å². The molecule has 0 heterocycles. The van der Waals surface area contributed by atoms with Crippen LogP contribution >= 0.6 is 0 Å². The highest BCUT2D eigenvalue weighted by molar-refractivity contribution is 5.92. The standard InChI is InChI=1S/C21H14F5NO3/c22-13-4-7-16(8-5-13)30-19-9-6-15(11-18(19)21(24,25)26)27-20(28)12-29-17-3-1-2-14(23)10-17/h1-11H,12H2,(H,27,28). The monoisotopic (exact) mass is 423 g/mol. The van der Waals surface area contributed by atoms with Crippen LogP contribution in [0, 0.1) is 11.6 Å². The van der Waals surface area contributed by atoms with Crippen molar-refractivity contribution in [1.29, 1.82) is 0 Å². The van der Waals surface area contributed by atoms with Crippen LogP contribution < -0.4 is 14.8 Å². The molecular formula is C21H14F5NO3. The van der Waals surface area contributed by atoms with Crippen molar-refractivity contribution >= 4 is 11.6 Å². The van der Waals surface area contributed by atoms with Gasteiger partial charge in [0.15, 0.2) is 6.61 Å². The molecule has 1 N–H and O–H groups in total. The molecule has 0 aliphatic heterocycles. The van der Waals surface area contributed by atoms with Crippen molar-refractivity contribution in [2.45, 2.75) is 6.18 Å². The van der Waals surface area contributed by atoms with Crippen LogP contribution in [0.4, 0.5) is 27.6 Å². The number of anilines is 1. The summed E-state index contributed by atoms with van der Waals surface area (Å²) in [5.41, 5.74) is -1.27. The van der Waals surface area contributed by atoms with Gasteiger partial charge in [-0.15, -0.1) is 0 Å². The average molecular weight is 423 g/mol. The summed E-state index contributed by atoms with van der Waals surface area (Å²) in [7, 11) is 0. The number of halogens is 5. The zero-order chi connectivity index (χ0) is 21.7. The Hall–Kier alpha value is -3.62. The van der Waals surface area contributed by atoms with Gasteiger partial charge in [-0.05, 0) is 54.6 Å². The zero-order valence-corrected chi connectivity index (χ0v) is 15.2. The summed E-state index contributed by atoms with van der Waals surface area (Å²) in [6.07, 6.45) is -4.77. The summed E-state index contributed by atoms with van der Waals surface area (Å²) in [4.78, 5) is 12.0. The Labute approximate surface area is 167 Å². The summed E-state index contributed by atoms with van der Waals surface area (Å²) in [5.74, 6) is -2.24. The smallest absolute Gasteiger partial charge is 0.420 e. The molecule has 0 bridgehead atoms. The molecule has 0 aliphatic carbocycles. The number of rotatable bonds is 6. The topological polar surface area (TPSA) is 47.6 Å². The highest BCUT2D eigenvalue weighted by Gasteiger charge is 2.35. The van der Waals surface area contributed by atoms with Crippen molar-refractivity contribution in [3.05, 3.63) is 83.9 Å². The number of carbonyl (C=O) groups is 1. The summed E-state index contributed by atoms with van der Waals surface area (Å²) in [6.45, 7) is -0.529. The number of benzene rings is 3. The fourth-order valence-corrected chi connectivity index (χ4v) is 2.45. The first-order chi connectivity index (χ1) is 14.2. The number of alkyl halides is 3. The average Bonchev–Trinajstić information content (AvgIpc) is 2.68. The van der Waals surface area contributed by atoms with Crippen molar-refractivity contribution in [2.75, 3.05) is 11.9 Å². The van der Waals surface area contributed by atoms with E-state index in [0.29, 0.717) is 6.07 Å². The van der Waals surface area contributed by atoms with Gasteiger partial charge in [0.2, 0.25) is 0 Å².